The van der Waals surface area contributed by atoms with Crippen LogP contribution in [0.15, 0.2) is 36.8 Å². The van der Waals surface area contributed by atoms with Gasteiger partial charge in [-0.3, -0.25) is 9.69 Å². The first-order valence-corrected chi connectivity index (χ1v) is 14.5. The lowest BCUT2D eigenvalue weighted by Gasteiger charge is -2.34. The second-order valence-corrected chi connectivity index (χ2v) is 11.1. The third-order valence-electron chi connectivity index (χ3n) is 6.36. The summed E-state index contributed by atoms with van der Waals surface area (Å²) >= 11 is 0. The number of halogens is 2. The van der Waals surface area contributed by atoms with Gasteiger partial charge >= 0.3 is 0 Å². The van der Waals surface area contributed by atoms with Crippen molar-refractivity contribution in [1.82, 2.24) is 29.5 Å². The molecule has 1 aliphatic heterocycles. The number of benzene rings is 1. The van der Waals surface area contributed by atoms with E-state index in [1.807, 2.05) is 11.8 Å². The van der Waals surface area contributed by atoms with Crippen molar-refractivity contribution in [2.75, 3.05) is 51.3 Å². The highest BCUT2D eigenvalue weighted by Crippen LogP contribution is 2.28. The Hall–Kier alpha value is -3.99. The molecule has 1 aromatic carbocycles. The first kappa shape index (κ1) is 29.0. The van der Waals surface area contributed by atoms with E-state index in [2.05, 4.69) is 31.5 Å². The quantitative estimate of drug-likeness (QED) is 0.411. The second kappa shape index (κ2) is 12.5. The SMILES string of the molecule is CCc1ncnc(-c2cc(F)c(C(=O)N3CCN(CCNS(C)(=O)=O)CC3)c(F)c2)c1C#Cc1ccc(N)nc1. The number of nitrogens with two attached hydrogens (primary N) is 1. The molecule has 40 heavy (non-hydrogen) atoms. The average Bonchev–Trinajstić information content (AvgIpc) is 2.91. The van der Waals surface area contributed by atoms with Gasteiger partial charge in [0.25, 0.3) is 5.91 Å². The van der Waals surface area contributed by atoms with Crippen molar-refractivity contribution in [2.24, 2.45) is 0 Å². The van der Waals surface area contributed by atoms with Crippen LogP contribution in [0.5, 0.6) is 0 Å². The topological polar surface area (TPSA) is 134 Å². The maximum Gasteiger partial charge on any atom is 0.259 e. The predicted octanol–water partition coefficient (Wildman–Crippen LogP) is 1.67. The molecule has 3 heterocycles. The van der Waals surface area contributed by atoms with E-state index in [0.717, 1.165) is 18.4 Å². The first-order valence-electron chi connectivity index (χ1n) is 12.6. The number of aromatic nitrogens is 3. The average molecular weight is 570 g/mol. The lowest BCUT2D eigenvalue weighted by molar-refractivity contribution is 0.0630. The number of hydrogen-bond donors (Lipinski definition) is 2. The zero-order chi connectivity index (χ0) is 28.9. The molecule has 2 aromatic heterocycles. The number of nitrogens with zero attached hydrogens (tertiary/aromatic N) is 5. The standard InChI is InChI=1S/C27H29F2N7O3S/c1-3-23-20(6-4-18-5-7-24(30)31-16-18)26(33-17-32-23)19-14-21(28)25(22(29)15-19)27(37)36-12-10-35(11-13-36)9-8-34-40(2,38)39/h5,7,14-17,34H,3,8-13H2,1-2H3,(H2,30,31). The van der Waals surface area contributed by atoms with Crippen molar-refractivity contribution < 1.29 is 22.0 Å². The minimum Gasteiger partial charge on any atom is -0.384 e. The number of pyridine rings is 1. The van der Waals surface area contributed by atoms with Crippen LogP contribution in [0, 0.1) is 23.5 Å². The molecule has 0 bridgehead atoms. The number of piperazine rings is 1. The Morgan fingerprint density at radius 2 is 1.77 bits per heavy atom. The van der Waals surface area contributed by atoms with Crippen molar-refractivity contribution in [1.29, 1.82) is 0 Å². The molecule has 13 heteroatoms. The van der Waals surface area contributed by atoms with Gasteiger partial charge in [0.2, 0.25) is 10.0 Å². The maximum absolute atomic E-state index is 15.3. The predicted molar refractivity (Wildman–Crippen MR) is 147 cm³/mol. The lowest BCUT2D eigenvalue weighted by atomic mass is 10.0. The number of sulfonamides is 1. The molecule has 3 N–H and O–H groups in total. The molecule has 1 amide bonds. The largest absolute Gasteiger partial charge is 0.384 e. The highest BCUT2D eigenvalue weighted by Gasteiger charge is 2.28. The zero-order valence-electron chi connectivity index (χ0n) is 22.1. The molecular formula is C27H29F2N7O3S. The Bertz CT molecular complexity index is 1540. The number of nitrogen functional groups attached to an aromatic ring is 1. The van der Waals surface area contributed by atoms with Gasteiger partial charge in [-0.15, -0.1) is 0 Å². The van der Waals surface area contributed by atoms with Gasteiger partial charge in [-0.05, 0) is 30.7 Å². The van der Waals surface area contributed by atoms with Crippen LogP contribution in [0.3, 0.4) is 0 Å². The first-order chi connectivity index (χ1) is 19.1. The van der Waals surface area contributed by atoms with Crippen LogP contribution in [0.1, 0.15) is 34.1 Å². The molecule has 210 valence electrons. The van der Waals surface area contributed by atoms with E-state index in [1.54, 1.807) is 12.1 Å². The van der Waals surface area contributed by atoms with Crippen LogP contribution < -0.4 is 10.5 Å². The number of nitrogens with one attached hydrogen (secondary N) is 1. The molecule has 0 aliphatic carbocycles. The Labute approximate surface area is 231 Å². The Morgan fingerprint density at radius 3 is 2.38 bits per heavy atom. The van der Waals surface area contributed by atoms with E-state index < -0.39 is 33.1 Å². The fraction of sp³-hybridized carbons (Fsp3) is 0.333. The summed E-state index contributed by atoms with van der Waals surface area (Å²) in [6.07, 6.45) is 4.42. The summed E-state index contributed by atoms with van der Waals surface area (Å²) < 4.78 is 55.5. The summed E-state index contributed by atoms with van der Waals surface area (Å²) in [6, 6.07) is 5.49. The van der Waals surface area contributed by atoms with Gasteiger partial charge in [0.1, 0.15) is 29.3 Å². The maximum atomic E-state index is 15.3. The highest BCUT2D eigenvalue weighted by molar-refractivity contribution is 7.88. The molecule has 0 saturated carbocycles. The molecule has 1 fully saturated rings. The van der Waals surface area contributed by atoms with E-state index in [-0.39, 0.29) is 30.9 Å². The van der Waals surface area contributed by atoms with Crippen molar-refractivity contribution in [2.45, 2.75) is 13.3 Å². The fourth-order valence-corrected chi connectivity index (χ4v) is 4.75. The van der Waals surface area contributed by atoms with Gasteiger partial charge < -0.3 is 10.6 Å². The number of anilines is 1. The van der Waals surface area contributed by atoms with Crippen LogP contribution in [0.4, 0.5) is 14.6 Å². The van der Waals surface area contributed by atoms with Crippen LogP contribution in [0.2, 0.25) is 0 Å². The zero-order valence-corrected chi connectivity index (χ0v) is 22.9. The molecule has 10 nitrogen and oxygen atoms in total. The molecule has 3 aromatic rings. The number of carbonyl (C=O) groups excluding carboxylic acids is 1. The number of rotatable bonds is 7. The highest BCUT2D eigenvalue weighted by atomic mass is 32.2. The molecule has 0 atom stereocenters. The summed E-state index contributed by atoms with van der Waals surface area (Å²) in [5, 5.41) is 0. The second-order valence-electron chi connectivity index (χ2n) is 9.23. The summed E-state index contributed by atoms with van der Waals surface area (Å²) in [6.45, 7) is 3.99. The van der Waals surface area contributed by atoms with Gasteiger partial charge in [-0.25, -0.2) is 36.9 Å². The Kier molecular flexibility index (Phi) is 9.03. The number of hydrogen-bond acceptors (Lipinski definition) is 8. The van der Waals surface area contributed by atoms with Crippen molar-refractivity contribution in [3.63, 3.8) is 0 Å². The molecule has 0 radical (unpaired) electrons. The number of carbonyl (C=O) groups is 1. The minimum atomic E-state index is -3.29. The molecule has 1 saturated heterocycles. The van der Waals surface area contributed by atoms with Gasteiger partial charge in [-0.1, -0.05) is 18.8 Å². The Morgan fingerprint density at radius 1 is 1.07 bits per heavy atom. The van der Waals surface area contributed by atoms with E-state index in [4.69, 9.17) is 5.73 Å². The van der Waals surface area contributed by atoms with Crippen molar-refractivity contribution in [3.05, 3.63) is 70.8 Å². The van der Waals surface area contributed by atoms with Gasteiger partial charge in [0.05, 0.1) is 23.2 Å². The smallest absolute Gasteiger partial charge is 0.259 e. The normalized spacial score (nSPS) is 14.1. The van der Waals surface area contributed by atoms with Crippen LogP contribution in [0.25, 0.3) is 11.3 Å². The minimum absolute atomic E-state index is 0.131. The van der Waals surface area contributed by atoms with Gasteiger partial charge in [-0.2, -0.15) is 0 Å². The third kappa shape index (κ3) is 7.15. The monoisotopic (exact) mass is 569 g/mol. The van der Waals surface area contributed by atoms with E-state index in [1.165, 1.54) is 17.4 Å². The van der Waals surface area contributed by atoms with E-state index in [0.29, 0.717) is 48.7 Å². The van der Waals surface area contributed by atoms with Crippen molar-refractivity contribution in [3.8, 4) is 23.1 Å². The molecule has 0 unspecified atom stereocenters. The van der Waals surface area contributed by atoms with Gasteiger partial charge in [0, 0.05) is 56.6 Å². The third-order valence-corrected chi connectivity index (χ3v) is 7.09. The molecule has 0 spiro atoms. The number of amides is 1. The summed E-state index contributed by atoms with van der Waals surface area (Å²) in [5.41, 5.74) is 6.98. The number of aryl methyl sites for hydroxylation is 1. The Balaban J connectivity index is 1.55. The van der Waals surface area contributed by atoms with Crippen LogP contribution >= 0.6 is 0 Å². The van der Waals surface area contributed by atoms with Crippen LogP contribution in [-0.4, -0.2) is 84.6 Å². The molecule has 4 rings (SSSR count). The summed E-state index contributed by atoms with van der Waals surface area (Å²) in [5.74, 6) is 3.57. The van der Waals surface area contributed by atoms with Crippen molar-refractivity contribution >= 4 is 21.7 Å². The van der Waals surface area contributed by atoms with E-state index >= 15 is 8.78 Å². The van der Waals surface area contributed by atoms with Crippen LogP contribution in [-0.2, 0) is 16.4 Å². The molecular weight excluding hydrogens is 540 g/mol. The fourth-order valence-electron chi connectivity index (χ4n) is 4.29. The summed E-state index contributed by atoms with van der Waals surface area (Å²) in [4.78, 5) is 29.0. The summed E-state index contributed by atoms with van der Waals surface area (Å²) in [7, 11) is -3.29. The lowest BCUT2D eigenvalue weighted by Crippen LogP contribution is -2.50. The molecule has 1 aliphatic rings. The van der Waals surface area contributed by atoms with Gasteiger partial charge in [0.15, 0.2) is 0 Å². The van der Waals surface area contributed by atoms with E-state index in [9.17, 15) is 13.2 Å².